The molecular weight excluding hydrogens is 286 g/mol. The minimum Gasteiger partial charge on any atom is -0.336 e. The summed E-state index contributed by atoms with van der Waals surface area (Å²) in [5.74, 6) is 0. The molecule has 1 heterocycles. The van der Waals surface area contributed by atoms with Crippen molar-refractivity contribution in [3.63, 3.8) is 0 Å². The van der Waals surface area contributed by atoms with Crippen molar-refractivity contribution in [3.05, 3.63) is 10.6 Å². The van der Waals surface area contributed by atoms with Gasteiger partial charge in [-0.25, -0.2) is 18.2 Å². The first-order valence-electron chi connectivity index (χ1n) is 5.92. The first-order chi connectivity index (χ1) is 8.73. The highest BCUT2D eigenvalue weighted by Gasteiger charge is 2.52. The molecule has 0 aromatic carbocycles. The van der Waals surface area contributed by atoms with Gasteiger partial charge in [-0.3, -0.25) is 5.32 Å². The number of thiazole rings is 1. The molecule has 2 amide bonds. The zero-order valence-electron chi connectivity index (χ0n) is 11.1. The highest BCUT2D eigenvalue weighted by Crippen LogP contribution is 2.42. The van der Waals surface area contributed by atoms with Crippen molar-refractivity contribution in [3.8, 4) is 0 Å². The fraction of sp³-hybridized carbons (Fsp3) is 0.636. The van der Waals surface area contributed by atoms with Crippen LogP contribution in [-0.2, 0) is 9.84 Å². The summed E-state index contributed by atoms with van der Waals surface area (Å²) in [7, 11) is -3.12. The molecule has 1 aromatic rings. The Morgan fingerprint density at radius 3 is 2.47 bits per heavy atom. The number of sulfone groups is 1. The fourth-order valence-electron chi connectivity index (χ4n) is 1.73. The molecule has 1 aliphatic rings. The van der Waals surface area contributed by atoms with Crippen molar-refractivity contribution < 1.29 is 13.2 Å². The van der Waals surface area contributed by atoms with Crippen molar-refractivity contribution >= 4 is 32.3 Å². The Morgan fingerprint density at radius 1 is 1.42 bits per heavy atom. The molecule has 0 bridgehead atoms. The highest BCUT2D eigenvalue weighted by molar-refractivity contribution is 7.92. The van der Waals surface area contributed by atoms with Crippen LogP contribution in [0.15, 0.2) is 0 Å². The molecule has 106 valence electrons. The Balaban J connectivity index is 1.89. The quantitative estimate of drug-likeness (QED) is 0.881. The largest absolute Gasteiger partial charge is 0.336 e. The summed E-state index contributed by atoms with van der Waals surface area (Å²) < 4.78 is 22.4. The lowest BCUT2D eigenvalue weighted by Gasteiger charge is -2.13. The van der Waals surface area contributed by atoms with E-state index in [0.717, 1.165) is 10.6 Å². The van der Waals surface area contributed by atoms with Gasteiger partial charge in [-0.1, -0.05) is 0 Å². The molecule has 0 atom stereocenters. The minimum atomic E-state index is -3.12. The van der Waals surface area contributed by atoms with Gasteiger partial charge < -0.3 is 5.32 Å². The van der Waals surface area contributed by atoms with Gasteiger partial charge in [0.1, 0.15) is 0 Å². The number of nitrogens with zero attached hydrogens (tertiary/aromatic N) is 1. The topological polar surface area (TPSA) is 88.2 Å². The molecule has 1 fully saturated rings. The number of urea groups is 1. The van der Waals surface area contributed by atoms with Gasteiger partial charge in [0.2, 0.25) is 0 Å². The van der Waals surface area contributed by atoms with Crippen LogP contribution in [0.2, 0.25) is 0 Å². The number of anilines is 1. The summed E-state index contributed by atoms with van der Waals surface area (Å²) in [5, 5.41) is 5.75. The van der Waals surface area contributed by atoms with Crippen LogP contribution in [-0.4, -0.2) is 37.0 Å². The average molecular weight is 303 g/mol. The molecule has 1 saturated carbocycles. The third kappa shape index (κ3) is 3.06. The smallest absolute Gasteiger partial charge is 0.321 e. The number of aryl methyl sites for hydroxylation is 2. The van der Waals surface area contributed by atoms with E-state index in [-0.39, 0.29) is 6.54 Å². The van der Waals surface area contributed by atoms with E-state index in [0.29, 0.717) is 18.0 Å². The van der Waals surface area contributed by atoms with Crippen LogP contribution in [0.25, 0.3) is 0 Å². The van der Waals surface area contributed by atoms with Gasteiger partial charge in [0, 0.05) is 17.7 Å². The van der Waals surface area contributed by atoms with Crippen LogP contribution in [0.1, 0.15) is 23.4 Å². The van der Waals surface area contributed by atoms with Crippen LogP contribution in [0.3, 0.4) is 0 Å². The normalized spacial score (nSPS) is 17.0. The lowest BCUT2D eigenvalue weighted by atomic mass is 10.4. The van der Waals surface area contributed by atoms with E-state index >= 15 is 0 Å². The highest BCUT2D eigenvalue weighted by atomic mass is 32.2. The Hall–Kier alpha value is -1.15. The Kier molecular flexibility index (Phi) is 3.57. The number of amides is 2. The molecule has 0 spiro atoms. The van der Waals surface area contributed by atoms with E-state index in [1.807, 2.05) is 13.8 Å². The van der Waals surface area contributed by atoms with Crippen LogP contribution >= 0.6 is 11.3 Å². The Bertz CT molecular complexity index is 583. The van der Waals surface area contributed by atoms with Gasteiger partial charge in [-0.05, 0) is 26.7 Å². The van der Waals surface area contributed by atoms with Gasteiger partial charge in [0.25, 0.3) is 0 Å². The number of carbonyl (C=O) groups is 1. The van der Waals surface area contributed by atoms with E-state index < -0.39 is 20.6 Å². The molecule has 1 aliphatic carbocycles. The van der Waals surface area contributed by atoms with Gasteiger partial charge in [0.05, 0.1) is 10.4 Å². The molecule has 2 rings (SSSR count). The van der Waals surface area contributed by atoms with E-state index in [1.54, 1.807) is 0 Å². The third-order valence-corrected chi connectivity index (χ3v) is 6.53. The summed E-state index contributed by atoms with van der Waals surface area (Å²) in [6, 6.07) is -0.413. The number of hydrogen-bond donors (Lipinski definition) is 2. The van der Waals surface area contributed by atoms with E-state index in [2.05, 4.69) is 15.6 Å². The molecule has 0 unspecified atom stereocenters. The van der Waals surface area contributed by atoms with Crippen molar-refractivity contribution in [2.24, 2.45) is 0 Å². The zero-order chi connectivity index (χ0) is 14.3. The Labute approximate surface area is 116 Å². The summed E-state index contributed by atoms with van der Waals surface area (Å²) >= 11 is 1.40. The molecule has 0 saturated heterocycles. The molecule has 8 heteroatoms. The van der Waals surface area contributed by atoms with Gasteiger partial charge >= 0.3 is 6.03 Å². The molecule has 0 radical (unpaired) electrons. The number of carbonyl (C=O) groups excluding carboxylic acids is 1. The van der Waals surface area contributed by atoms with Gasteiger partial charge in [-0.15, -0.1) is 11.3 Å². The predicted molar refractivity (Wildman–Crippen MR) is 75.4 cm³/mol. The van der Waals surface area contributed by atoms with Crippen LogP contribution < -0.4 is 10.6 Å². The van der Waals surface area contributed by atoms with Gasteiger partial charge in [-0.2, -0.15) is 0 Å². The zero-order valence-corrected chi connectivity index (χ0v) is 12.7. The average Bonchev–Trinajstić information content (AvgIpc) is 3.00. The number of rotatable bonds is 4. The van der Waals surface area contributed by atoms with E-state index in [1.165, 1.54) is 17.6 Å². The lowest BCUT2D eigenvalue weighted by molar-refractivity contribution is 0.252. The second-order valence-corrected chi connectivity index (χ2v) is 8.54. The molecule has 6 nitrogen and oxygen atoms in total. The van der Waals surface area contributed by atoms with E-state index in [9.17, 15) is 13.2 Å². The molecule has 0 aliphatic heterocycles. The standard InChI is InChI=1S/C11H17N3O3S2/c1-7-8(2)18-10(13-7)14-9(15)12-6-11(4-5-11)19(3,16)17/h4-6H2,1-3H3,(H2,12,13,14,15). The van der Waals surface area contributed by atoms with Crippen molar-refractivity contribution in [2.75, 3.05) is 18.1 Å². The maximum absolute atomic E-state index is 11.7. The predicted octanol–water partition coefficient (Wildman–Crippen LogP) is 1.46. The molecule has 2 N–H and O–H groups in total. The second-order valence-electron chi connectivity index (χ2n) is 4.92. The first kappa shape index (κ1) is 14.3. The SMILES string of the molecule is Cc1nc(NC(=O)NCC2(S(C)(=O)=O)CC2)sc1C. The minimum absolute atomic E-state index is 0.154. The number of nitrogens with one attached hydrogen (secondary N) is 2. The van der Waals surface area contributed by atoms with E-state index in [4.69, 9.17) is 0 Å². The maximum atomic E-state index is 11.7. The molecular formula is C11H17N3O3S2. The summed E-state index contributed by atoms with van der Waals surface area (Å²) in [6.07, 6.45) is 2.44. The lowest BCUT2D eigenvalue weighted by Crippen LogP contribution is -2.40. The van der Waals surface area contributed by atoms with Crippen LogP contribution in [0.5, 0.6) is 0 Å². The monoisotopic (exact) mass is 303 g/mol. The Morgan fingerprint density at radius 2 is 2.05 bits per heavy atom. The van der Waals surface area contributed by atoms with Crippen molar-refractivity contribution in [2.45, 2.75) is 31.4 Å². The molecule has 19 heavy (non-hydrogen) atoms. The second kappa shape index (κ2) is 4.75. The summed E-state index contributed by atoms with van der Waals surface area (Å²) in [6.45, 7) is 3.96. The van der Waals surface area contributed by atoms with Crippen molar-refractivity contribution in [1.29, 1.82) is 0 Å². The third-order valence-electron chi connectivity index (χ3n) is 3.41. The molecule has 1 aromatic heterocycles. The summed E-state index contributed by atoms with van der Waals surface area (Å²) in [5.41, 5.74) is 0.884. The summed E-state index contributed by atoms with van der Waals surface area (Å²) in [4.78, 5) is 16.9. The first-order valence-corrected chi connectivity index (χ1v) is 8.63. The fourth-order valence-corrected chi connectivity index (χ4v) is 3.71. The van der Waals surface area contributed by atoms with Crippen molar-refractivity contribution in [1.82, 2.24) is 10.3 Å². The number of aromatic nitrogens is 1. The van der Waals surface area contributed by atoms with Gasteiger partial charge in [0.15, 0.2) is 15.0 Å². The maximum Gasteiger partial charge on any atom is 0.321 e. The number of hydrogen-bond acceptors (Lipinski definition) is 5. The van der Waals surface area contributed by atoms with Crippen LogP contribution in [0.4, 0.5) is 9.93 Å². The van der Waals surface area contributed by atoms with Crippen LogP contribution in [0, 0.1) is 13.8 Å².